The third kappa shape index (κ3) is 3.67. The average Bonchev–Trinajstić information content (AvgIpc) is 2.45. The number of aromatic nitrogens is 1. The van der Waals surface area contributed by atoms with Crippen LogP contribution in [0.15, 0.2) is 42.5 Å². The van der Waals surface area contributed by atoms with Crippen molar-refractivity contribution in [1.29, 1.82) is 0 Å². The Morgan fingerprint density at radius 3 is 2.85 bits per heavy atom. The zero-order valence-corrected chi connectivity index (χ0v) is 11.2. The summed E-state index contributed by atoms with van der Waals surface area (Å²) in [5.74, 6) is 5.46. The van der Waals surface area contributed by atoms with Crippen molar-refractivity contribution in [2.75, 3.05) is 11.9 Å². The molecule has 2 aromatic rings. The lowest BCUT2D eigenvalue weighted by atomic mass is 10.2. The molecular weight excluding hydrogens is 250 g/mol. The van der Waals surface area contributed by atoms with Gasteiger partial charge in [0.05, 0.1) is 6.54 Å². The van der Waals surface area contributed by atoms with E-state index in [9.17, 15) is 4.79 Å². The maximum Gasteiger partial charge on any atom is 0.274 e. The largest absolute Gasteiger partial charge is 0.321 e. The number of carbonyl (C=O) groups is 1. The minimum absolute atomic E-state index is 0.238. The number of nitrogens with one attached hydrogen (secondary N) is 1. The molecule has 20 heavy (non-hydrogen) atoms. The lowest BCUT2D eigenvalue weighted by Crippen LogP contribution is -2.14. The van der Waals surface area contributed by atoms with Gasteiger partial charge in [0.2, 0.25) is 0 Å². The summed E-state index contributed by atoms with van der Waals surface area (Å²) in [6.07, 6.45) is 0. The Kier molecular flexibility index (Phi) is 4.48. The summed E-state index contributed by atoms with van der Waals surface area (Å²) >= 11 is 0. The highest BCUT2D eigenvalue weighted by molar-refractivity contribution is 6.02. The Morgan fingerprint density at radius 2 is 2.10 bits per heavy atom. The number of carbonyl (C=O) groups excluding carboxylic acids is 1. The van der Waals surface area contributed by atoms with E-state index in [1.165, 1.54) is 0 Å². The smallest absolute Gasteiger partial charge is 0.274 e. The predicted molar refractivity (Wildman–Crippen MR) is 79.3 cm³/mol. The number of amides is 1. The standard InChI is InChI=1S/C16H15N3O/c1-12-5-2-9-15(18-12)16(20)19-14-8-3-6-13(11-14)7-4-10-17/h2-3,5-6,8-9,11H,10,17H2,1H3,(H,19,20). The fourth-order valence-electron chi connectivity index (χ4n) is 1.69. The van der Waals surface area contributed by atoms with Crippen molar-refractivity contribution in [2.45, 2.75) is 6.92 Å². The Balaban J connectivity index is 2.15. The Bertz CT molecular complexity index is 683. The maximum absolute atomic E-state index is 12.1. The normalized spacial score (nSPS) is 9.50. The Morgan fingerprint density at radius 1 is 1.30 bits per heavy atom. The number of hydrogen-bond donors (Lipinski definition) is 2. The van der Waals surface area contributed by atoms with E-state index in [-0.39, 0.29) is 5.91 Å². The fraction of sp³-hybridized carbons (Fsp3) is 0.125. The molecule has 0 aliphatic carbocycles. The van der Waals surface area contributed by atoms with Crippen molar-refractivity contribution in [3.8, 4) is 11.8 Å². The highest BCUT2D eigenvalue weighted by Crippen LogP contribution is 2.11. The first kappa shape index (κ1) is 13.8. The second-order valence-corrected chi connectivity index (χ2v) is 4.21. The number of benzene rings is 1. The summed E-state index contributed by atoms with van der Waals surface area (Å²) in [6.45, 7) is 2.16. The second-order valence-electron chi connectivity index (χ2n) is 4.21. The van der Waals surface area contributed by atoms with Gasteiger partial charge in [-0.15, -0.1) is 0 Å². The van der Waals surface area contributed by atoms with Crippen molar-refractivity contribution in [2.24, 2.45) is 5.73 Å². The molecule has 0 spiro atoms. The molecule has 1 heterocycles. The summed E-state index contributed by atoms with van der Waals surface area (Å²) in [5, 5.41) is 2.80. The van der Waals surface area contributed by atoms with Gasteiger partial charge in [0.25, 0.3) is 5.91 Å². The van der Waals surface area contributed by atoms with Crippen LogP contribution in [-0.2, 0) is 0 Å². The van der Waals surface area contributed by atoms with Gasteiger partial charge in [-0.1, -0.05) is 24.0 Å². The van der Waals surface area contributed by atoms with Crippen LogP contribution in [0.25, 0.3) is 0 Å². The molecular formula is C16H15N3O. The monoisotopic (exact) mass is 265 g/mol. The van der Waals surface area contributed by atoms with Crippen LogP contribution in [0.3, 0.4) is 0 Å². The topological polar surface area (TPSA) is 68.0 Å². The van der Waals surface area contributed by atoms with Gasteiger partial charge < -0.3 is 11.1 Å². The molecule has 4 nitrogen and oxygen atoms in total. The molecule has 0 bridgehead atoms. The molecule has 0 radical (unpaired) electrons. The maximum atomic E-state index is 12.1. The van der Waals surface area contributed by atoms with Crippen LogP contribution >= 0.6 is 0 Å². The molecule has 1 aromatic heterocycles. The van der Waals surface area contributed by atoms with Gasteiger partial charge in [-0.25, -0.2) is 4.98 Å². The molecule has 0 aliphatic rings. The molecule has 0 fully saturated rings. The first-order chi connectivity index (χ1) is 9.69. The summed E-state index contributed by atoms with van der Waals surface area (Å²) in [6, 6.07) is 12.6. The van der Waals surface area contributed by atoms with E-state index in [1.807, 2.05) is 25.1 Å². The molecule has 100 valence electrons. The van der Waals surface area contributed by atoms with E-state index >= 15 is 0 Å². The second kappa shape index (κ2) is 6.50. The highest BCUT2D eigenvalue weighted by atomic mass is 16.1. The SMILES string of the molecule is Cc1cccc(C(=O)Nc2cccc(C#CCN)c2)n1. The number of hydrogen-bond acceptors (Lipinski definition) is 3. The number of nitrogens with zero attached hydrogens (tertiary/aromatic N) is 1. The number of rotatable bonds is 2. The van der Waals surface area contributed by atoms with Crippen molar-refractivity contribution < 1.29 is 4.79 Å². The van der Waals surface area contributed by atoms with Crippen molar-refractivity contribution >= 4 is 11.6 Å². The molecule has 4 heteroatoms. The molecule has 0 aliphatic heterocycles. The first-order valence-corrected chi connectivity index (χ1v) is 6.23. The number of anilines is 1. The van der Waals surface area contributed by atoms with Crippen molar-refractivity contribution in [3.63, 3.8) is 0 Å². The minimum Gasteiger partial charge on any atom is -0.321 e. The zero-order valence-electron chi connectivity index (χ0n) is 11.2. The number of aryl methyl sites for hydroxylation is 1. The van der Waals surface area contributed by atoms with E-state index < -0.39 is 0 Å². The predicted octanol–water partition coefficient (Wildman–Crippen LogP) is 1.95. The van der Waals surface area contributed by atoms with E-state index in [4.69, 9.17) is 5.73 Å². The van der Waals surface area contributed by atoms with Crippen LogP contribution in [0.2, 0.25) is 0 Å². The fourth-order valence-corrected chi connectivity index (χ4v) is 1.69. The molecule has 1 aromatic carbocycles. The zero-order chi connectivity index (χ0) is 14.4. The summed E-state index contributed by atoms with van der Waals surface area (Å²) in [5.41, 5.74) is 8.02. The van der Waals surface area contributed by atoms with E-state index in [0.29, 0.717) is 17.9 Å². The lowest BCUT2D eigenvalue weighted by Gasteiger charge is -2.05. The Labute approximate surface area is 118 Å². The molecule has 3 N–H and O–H groups in total. The van der Waals surface area contributed by atoms with E-state index in [2.05, 4.69) is 22.1 Å². The molecule has 2 rings (SSSR count). The highest BCUT2D eigenvalue weighted by Gasteiger charge is 2.07. The number of pyridine rings is 1. The lowest BCUT2D eigenvalue weighted by molar-refractivity contribution is 0.102. The third-order valence-electron chi connectivity index (χ3n) is 2.58. The van der Waals surface area contributed by atoms with Gasteiger partial charge >= 0.3 is 0 Å². The summed E-state index contributed by atoms with van der Waals surface area (Å²) in [4.78, 5) is 16.2. The van der Waals surface area contributed by atoms with Gasteiger partial charge in [0, 0.05) is 16.9 Å². The molecule has 0 unspecified atom stereocenters. The van der Waals surface area contributed by atoms with Crippen molar-refractivity contribution in [1.82, 2.24) is 4.98 Å². The van der Waals surface area contributed by atoms with E-state index in [1.54, 1.807) is 24.3 Å². The van der Waals surface area contributed by atoms with Gasteiger partial charge in [0.1, 0.15) is 5.69 Å². The summed E-state index contributed by atoms with van der Waals surface area (Å²) in [7, 11) is 0. The van der Waals surface area contributed by atoms with Gasteiger partial charge in [-0.2, -0.15) is 0 Å². The minimum atomic E-state index is -0.238. The molecule has 0 saturated carbocycles. The molecule has 0 saturated heterocycles. The van der Waals surface area contributed by atoms with Gasteiger partial charge in [-0.3, -0.25) is 4.79 Å². The van der Waals surface area contributed by atoms with Crippen molar-refractivity contribution in [3.05, 3.63) is 59.4 Å². The van der Waals surface area contributed by atoms with Gasteiger partial charge in [-0.05, 0) is 37.3 Å². The number of nitrogens with two attached hydrogens (primary N) is 1. The first-order valence-electron chi connectivity index (χ1n) is 6.23. The third-order valence-corrected chi connectivity index (χ3v) is 2.58. The van der Waals surface area contributed by atoms with Crippen LogP contribution in [0.5, 0.6) is 0 Å². The van der Waals surface area contributed by atoms with Crippen LogP contribution in [0.1, 0.15) is 21.7 Å². The quantitative estimate of drug-likeness (QED) is 0.815. The summed E-state index contributed by atoms with van der Waals surface area (Å²) < 4.78 is 0. The molecule has 0 atom stereocenters. The van der Waals surface area contributed by atoms with Crippen LogP contribution in [-0.4, -0.2) is 17.4 Å². The van der Waals surface area contributed by atoms with Crippen LogP contribution in [0, 0.1) is 18.8 Å². The average molecular weight is 265 g/mol. The molecule has 1 amide bonds. The van der Waals surface area contributed by atoms with Crippen LogP contribution in [0.4, 0.5) is 5.69 Å². The Hall–Kier alpha value is -2.64. The van der Waals surface area contributed by atoms with E-state index in [0.717, 1.165) is 11.3 Å². The van der Waals surface area contributed by atoms with Gasteiger partial charge in [0.15, 0.2) is 0 Å². The van der Waals surface area contributed by atoms with Crippen LogP contribution < -0.4 is 11.1 Å².